The number of hydrogen-bond donors (Lipinski definition) is 0. The summed E-state index contributed by atoms with van der Waals surface area (Å²) in [6.07, 6.45) is 11.2. The van der Waals surface area contributed by atoms with Crippen molar-refractivity contribution in [2.45, 2.75) is 90.6 Å². The van der Waals surface area contributed by atoms with Crippen LogP contribution in [0.15, 0.2) is 24.3 Å². The van der Waals surface area contributed by atoms with Crippen molar-refractivity contribution in [1.29, 1.82) is 5.26 Å². The molecule has 1 saturated carbocycles. The Hall–Kier alpha value is -1.82. The summed E-state index contributed by atoms with van der Waals surface area (Å²) < 4.78 is 5.71. The minimum absolute atomic E-state index is 0.0464. The van der Waals surface area contributed by atoms with Crippen molar-refractivity contribution in [3.8, 4) is 6.07 Å². The van der Waals surface area contributed by atoms with Gasteiger partial charge >= 0.3 is 5.97 Å². The molecule has 3 nitrogen and oxygen atoms in total. The summed E-state index contributed by atoms with van der Waals surface area (Å²) >= 11 is 0. The first-order chi connectivity index (χ1) is 12.6. The topological polar surface area (TPSA) is 50.1 Å². The van der Waals surface area contributed by atoms with Crippen LogP contribution in [0.2, 0.25) is 0 Å². The van der Waals surface area contributed by atoms with E-state index in [1.807, 2.05) is 24.3 Å². The number of carbonyl (C=O) groups is 1. The largest absolute Gasteiger partial charge is 0.459 e. The van der Waals surface area contributed by atoms with Gasteiger partial charge in [0.05, 0.1) is 17.0 Å². The Labute approximate surface area is 158 Å². The van der Waals surface area contributed by atoms with Crippen LogP contribution < -0.4 is 0 Å². The molecule has 142 valence electrons. The first-order valence-corrected chi connectivity index (χ1v) is 10.3. The van der Waals surface area contributed by atoms with Gasteiger partial charge in [-0.1, -0.05) is 58.1 Å². The van der Waals surface area contributed by atoms with Crippen LogP contribution in [0.3, 0.4) is 0 Å². The molecule has 2 rings (SSSR count). The third kappa shape index (κ3) is 5.87. The van der Waals surface area contributed by atoms with Crippen molar-refractivity contribution in [3.05, 3.63) is 35.4 Å². The lowest BCUT2D eigenvalue weighted by Crippen LogP contribution is -2.31. The lowest BCUT2D eigenvalue weighted by Gasteiger charge is -2.34. The Morgan fingerprint density at radius 1 is 1.12 bits per heavy atom. The first-order valence-electron chi connectivity index (χ1n) is 10.3. The van der Waals surface area contributed by atoms with E-state index in [4.69, 9.17) is 4.74 Å². The molecule has 0 heterocycles. The van der Waals surface area contributed by atoms with Gasteiger partial charge in [-0.3, -0.25) is 0 Å². The van der Waals surface area contributed by atoms with Gasteiger partial charge in [-0.05, 0) is 56.2 Å². The zero-order chi connectivity index (χ0) is 18.8. The second kappa shape index (κ2) is 10.4. The predicted molar refractivity (Wildman–Crippen MR) is 105 cm³/mol. The fourth-order valence-electron chi connectivity index (χ4n) is 3.89. The standard InChI is InChI=1S/C23H33NO2/c1-3-5-6-7-15-23(18-24)16-13-21(14-17-23)26-22(25)20-11-9-19(8-4-2)10-12-20/h9-12,21H,3-8,13-17H2,1-2H3/t21-,23-. The van der Waals surface area contributed by atoms with E-state index in [0.29, 0.717) is 5.56 Å². The summed E-state index contributed by atoms with van der Waals surface area (Å²) in [5.41, 5.74) is 1.68. The van der Waals surface area contributed by atoms with Crippen molar-refractivity contribution in [2.75, 3.05) is 0 Å². The highest BCUT2D eigenvalue weighted by Crippen LogP contribution is 2.41. The van der Waals surface area contributed by atoms with Gasteiger partial charge in [0.1, 0.15) is 6.10 Å². The predicted octanol–water partition coefficient (Wildman–Crippen LogP) is 6.22. The molecule has 0 aliphatic heterocycles. The smallest absolute Gasteiger partial charge is 0.338 e. The number of aryl methyl sites for hydroxylation is 1. The van der Waals surface area contributed by atoms with Gasteiger partial charge < -0.3 is 4.74 Å². The van der Waals surface area contributed by atoms with Crippen LogP contribution in [0.25, 0.3) is 0 Å². The molecule has 0 atom stereocenters. The van der Waals surface area contributed by atoms with E-state index in [1.165, 1.54) is 24.8 Å². The lowest BCUT2D eigenvalue weighted by molar-refractivity contribution is 0.0105. The number of hydrogen-bond acceptors (Lipinski definition) is 3. The summed E-state index contributed by atoms with van der Waals surface area (Å²) in [7, 11) is 0. The van der Waals surface area contributed by atoms with Gasteiger partial charge in [0.2, 0.25) is 0 Å². The fraction of sp³-hybridized carbons (Fsp3) is 0.652. The minimum atomic E-state index is -0.231. The number of nitriles is 1. The van der Waals surface area contributed by atoms with Gasteiger partial charge in [0, 0.05) is 0 Å². The van der Waals surface area contributed by atoms with E-state index >= 15 is 0 Å². The van der Waals surface area contributed by atoms with E-state index in [2.05, 4.69) is 19.9 Å². The Bertz CT molecular complexity index is 592. The second-order valence-corrected chi connectivity index (χ2v) is 7.75. The molecule has 0 bridgehead atoms. The van der Waals surface area contributed by atoms with E-state index in [9.17, 15) is 10.1 Å². The highest BCUT2D eigenvalue weighted by molar-refractivity contribution is 5.89. The molecule has 1 aromatic rings. The molecule has 1 aliphatic rings. The Kier molecular flexibility index (Phi) is 8.16. The third-order valence-corrected chi connectivity index (χ3v) is 5.64. The highest BCUT2D eigenvalue weighted by Gasteiger charge is 2.36. The minimum Gasteiger partial charge on any atom is -0.459 e. The molecule has 0 unspecified atom stereocenters. The number of rotatable bonds is 9. The Morgan fingerprint density at radius 2 is 1.81 bits per heavy atom. The molecule has 3 heteroatoms. The number of carbonyl (C=O) groups excluding carboxylic acids is 1. The second-order valence-electron chi connectivity index (χ2n) is 7.75. The quantitative estimate of drug-likeness (QED) is 0.390. The number of benzene rings is 1. The zero-order valence-corrected chi connectivity index (χ0v) is 16.4. The number of nitrogens with zero attached hydrogens (tertiary/aromatic N) is 1. The number of unbranched alkanes of at least 4 members (excludes halogenated alkanes) is 3. The van der Waals surface area contributed by atoms with Crippen molar-refractivity contribution < 1.29 is 9.53 Å². The van der Waals surface area contributed by atoms with Crippen LogP contribution in [0.4, 0.5) is 0 Å². The number of esters is 1. The van der Waals surface area contributed by atoms with Crippen molar-refractivity contribution in [3.63, 3.8) is 0 Å². The van der Waals surface area contributed by atoms with Gasteiger partial charge in [0.15, 0.2) is 0 Å². The van der Waals surface area contributed by atoms with Crippen LogP contribution >= 0.6 is 0 Å². The van der Waals surface area contributed by atoms with Gasteiger partial charge in [-0.25, -0.2) is 4.79 Å². The molecule has 0 spiro atoms. The lowest BCUT2D eigenvalue weighted by atomic mass is 9.71. The Balaban J connectivity index is 1.81. The SMILES string of the molecule is CCCCCC[C@]1(C#N)CC[C@H](OC(=O)c2ccc(CCC)cc2)CC1. The molecule has 1 fully saturated rings. The van der Waals surface area contributed by atoms with E-state index in [-0.39, 0.29) is 17.5 Å². The maximum absolute atomic E-state index is 12.4. The normalized spacial score (nSPS) is 22.6. The molecule has 1 aliphatic carbocycles. The van der Waals surface area contributed by atoms with E-state index < -0.39 is 0 Å². The third-order valence-electron chi connectivity index (χ3n) is 5.64. The summed E-state index contributed by atoms with van der Waals surface area (Å²) in [6.45, 7) is 4.35. The molecule has 0 saturated heterocycles. The van der Waals surface area contributed by atoms with Crippen LogP contribution in [0, 0.1) is 16.7 Å². The summed E-state index contributed by atoms with van der Waals surface area (Å²) in [5, 5.41) is 9.66. The fourth-order valence-corrected chi connectivity index (χ4v) is 3.89. The average molecular weight is 356 g/mol. The van der Waals surface area contributed by atoms with Crippen molar-refractivity contribution in [1.82, 2.24) is 0 Å². The highest BCUT2D eigenvalue weighted by atomic mass is 16.5. The maximum atomic E-state index is 12.4. The van der Waals surface area contributed by atoms with E-state index in [1.54, 1.807) is 0 Å². The van der Waals surface area contributed by atoms with Gasteiger partial charge in [0.25, 0.3) is 0 Å². The molecule has 0 N–H and O–H groups in total. The van der Waals surface area contributed by atoms with Crippen LogP contribution in [-0.4, -0.2) is 12.1 Å². The van der Waals surface area contributed by atoms with Gasteiger partial charge in [-0.15, -0.1) is 0 Å². The zero-order valence-electron chi connectivity index (χ0n) is 16.4. The molecule has 0 aromatic heterocycles. The number of ether oxygens (including phenoxy) is 1. The average Bonchev–Trinajstić information content (AvgIpc) is 2.67. The monoisotopic (exact) mass is 355 g/mol. The summed E-state index contributed by atoms with van der Waals surface area (Å²) in [6, 6.07) is 10.3. The molecule has 0 amide bonds. The van der Waals surface area contributed by atoms with Crippen LogP contribution in [0.5, 0.6) is 0 Å². The van der Waals surface area contributed by atoms with Crippen LogP contribution in [-0.2, 0) is 11.2 Å². The molecule has 0 radical (unpaired) electrons. The molecule has 26 heavy (non-hydrogen) atoms. The van der Waals surface area contributed by atoms with Crippen LogP contribution in [0.1, 0.15) is 94.0 Å². The van der Waals surface area contributed by atoms with Crippen molar-refractivity contribution in [2.24, 2.45) is 5.41 Å². The van der Waals surface area contributed by atoms with Crippen molar-refractivity contribution >= 4 is 5.97 Å². The summed E-state index contributed by atoms with van der Waals surface area (Å²) in [4.78, 5) is 12.4. The first kappa shape index (κ1) is 20.5. The molecular weight excluding hydrogens is 322 g/mol. The Morgan fingerprint density at radius 3 is 2.38 bits per heavy atom. The van der Waals surface area contributed by atoms with Gasteiger partial charge in [-0.2, -0.15) is 5.26 Å². The molecule has 1 aromatic carbocycles. The van der Waals surface area contributed by atoms with E-state index in [0.717, 1.165) is 51.4 Å². The maximum Gasteiger partial charge on any atom is 0.338 e. The summed E-state index contributed by atoms with van der Waals surface area (Å²) in [5.74, 6) is -0.231. The molecular formula is C23H33NO2.